The van der Waals surface area contributed by atoms with Gasteiger partial charge in [0, 0.05) is 19.0 Å². The summed E-state index contributed by atoms with van der Waals surface area (Å²) < 4.78 is 0. The van der Waals surface area contributed by atoms with Crippen molar-refractivity contribution in [3.63, 3.8) is 0 Å². The minimum absolute atomic E-state index is 0.349. The van der Waals surface area contributed by atoms with Gasteiger partial charge in [-0.1, -0.05) is 26.7 Å². The molecule has 17 heavy (non-hydrogen) atoms. The molecule has 0 aromatic rings. The van der Waals surface area contributed by atoms with Crippen molar-refractivity contribution in [1.82, 2.24) is 4.90 Å². The lowest BCUT2D eigenvalue weighted by molar-refractivity contribution is -0.138. The Morgan fingerprint density at radius 2 is 2.00 bits per heavy atom. The first-order valence-electron chi connectivity index (χ1n) is 7.13. The Kier molecular flexibility index (Phi) is 6.56. The van der Waals surface area contributed by atoms with E-state index >= 15 is 0 Å². The van der Waals surface area contributed by atoms with E-state index in [1.165, 1.54) is 38.6 Å². The molecule has 3 heteroatoms. The van der Waals surface area contributed by atoms with Crippen molar-refractivity contribution >= 4 is 5.97 Å². The molecule has 1 unspecified atom stereocenters. The van der Waals surface area contributed by atoms with Crippen LogP contribution in [0.4, 0.5) is 0 Å². The van der Waals surface area contributed by atoms with Gasteiger partial charge in [-0.15, -0.1) is 0 Å². The van der Waals surface area contributed by atoms with E-state index in [1.54, 1.807) is 0 Å². The summed E-state index contributed by atoms with van der Waals surface area (Å²) in [5.41, 5.74) is 0. The van der Waals surface area contributed by atoms with Crippen LogP contribution in [0.1, 0.15) is 58.8 Å². The molecule has 0 saturated carbocycles. The summed E-state index contributed by atoms with van der Waals surface area (Å²) in [6.07, 6.45) is 7.58. The summed E-state index contributed by atoms with van der Waals surface area (Å²) in [6.45, 7) is 6.64. The van der Waals surface area contributed by atoms with Gasteiger partial charge in [-0.3, -0.25) is 4.79 Å². The Bertz CT molecular complexity index is 224. The first kappa shape index (κ1) is 14.5. The number of rotatable bonds is 7. The molecule has 1 atom stereocenters. The summed E-state index contributed by atoms with van der Waals surface area (Å²) in [5.74, 6) is -0.267. The topological polar surface area (TPSA) is 40.5 Å². The zero-order chi connectivity index (χ0) is 12.7. The second kappa shape index (κ2) is 7.70. The molecule has 1 aliphatic heterocycles. The monoisotopic (exact) mass is 241 g/mol. The number of aliphatic carboxylic acids is 1. The van der Waals surface area contributed by atoms with Crippen molar-refractivity contribution in [2.24, 2.45) is 5.92 Å². The Labute approximate surface area is 105 Å². The van der Waals surface area contributed by atoms with Crippen LogP contribution in [0.5, 0.6) is 0 Å². The summed E-state index contributed by atoms with van der Waals surface area (Å²) in [7, 11) is 0. The summed E-state index contributed by atoms with van der Waals surface area (Å²) in [5, 5.41) is 8.88. The lowest BCUT2D eigenvalue weighted by Crippen LogP contribution is -2.43. The minimum atomic E-state index is -0.639. The van der Waals surface area contributed by atoms with Crippen molar-refractivity contribution in [2.75, 3.05) is 13.1 Å². The standard InChI is InChI=1S/C14H27NO2/c1-3-6-13(7-4-2)15-9-5-8-12(11-15)10-14(16)17/h12-13H,3-11H2,1-2H3,(H,16,17). The first-order valence-corrected chi connectivity index (χ1v) is 7.13. The van der Waals surface area contributed by atoms with Crippen molar-refractivity contribution < 1.29 is 9.90 Å². The number of nitrogens with zero attached hydrogens (tertiary/aromatic N) is 1. The van der Waals surface area contributed by atoms with Crippen LogP contribution in [0.15, 0.2) is 0 Å². The molecule has 100 valence electrons. The molecule has 0 aromatic heterocycles. The van der Waals surface area contributed by atoms with E-state index < -0.39 is 5.97 Å². The van der Waals surface area contributed by atoms with Crippen LogP contribution in [0.3, 0.4) is 0 Å². The SMILES string of the molecule is CCCC(CCC)N1CCCC(CC(=O)O)C1. The number of likely N-dealkylation sites (tertiary alicyclic amines) is 1. The summed E-state index contributed by atoms with van der Waals surface area (Å²) in [4.78, 5) is 13.3. The van der Waals surface area contributed by atoms with Crippen molar-refractivity contribution in [3.8, 4) is 0 Å². The minimum Gasteiger partial charge on any atom is -0.481 e. The van der Waals surface area contributed by atoms with Gasteiger partial charge in [0.25, 0.3) is 0 Å². The number of hydrogen-bond acceptors (Lipinski definition) is 2. The zero-order valence-corrected chi connectivity index (χ0v) is 11.3. The van der Waals surface area contributed by atoms with Crippen LogP contribution in [0.25, 0.3) is 0 Å². The number of hydrogen-bond donors (Lipinski definition) is 1. The van der Waals surface area contributed by atoms with Gasteiger partial charge in [0.1, 0.15) is 0 Å². The molecule has 1 N–H and O–H groups in total. The molecule has 1 aliphatic rings. The van der Waals surface area contributed by atoms with Crippen LogP contribution in [-0.4, -0.2) is 35.1 Å². The Balaban J connectivity index is 2.47. The molecule has 0 aliphatic carbocycles. The first-order chi connectivity index (χ1) is 8.17. The molecule has 1 saturated heterocycles. The van der Waals surface area contributed by atoms with E-state index in [2.05, 4.69) is 18.7 Å². The van der Waals surface area contributed by atoms with Gasteiger partial charge in [-0.2, -0.15) is 0 Å². The fraction of sp³-hybridized carbons (Fsp3) is 0.929. The smallest absolute Gasteiger partial charge is 0.303 e. The predicted octanol–water partition coefficient (Wildman–Crippen LogP) is 3.14. The lowest BCUT2D eigenvalue weighted by Gasteiger charge is -2.38. The van der Waals surface area contributed by atoms with Gasteiger partial charge in [0.15, 0.2) is 0 Å². The van der Waals surface area contributed by atoms with Crippen molar-refractivity contribution in [1.29, 1.82) is 0 Å². The lowest BCUT2D eigenvalue weighted by atomic mass is 9.92. The maximum absolute atomic E-state index is 10.8. The fourth-order valence-corrected chi connectivity index (χ4v) is 3.02. The van der Waals surface area contributed by atoms with Gasteiger partial charge in [0.2, 0.25) is 0 Å². The van der Waals surface area contributed by atoms with Crippen LogP contribution in [0, 0.1) is 5.92 Å². The van der Waals surface area contributed by atoms with Gasteiger partial charge in [-0.05, 0) is 38.1 Å². The van der Waals surface area contributed by atoms with E-state index in [1.807, 2.05) is 0 Å². The van der Waals surface area contributed by atoms with Crippen molar-refractivity contribution in [2.45, 2.75) is 64.8 Å². The second-order valence-electron chi connectivity index (χ2n) is 5.33. The number of piperidine rings is 1. The highest BCUT2D eigenvalue weighted by atomic mass is 16.4. The van der Waals surface area contributed by atoms with Crippen molar-refractivity contribution in [3.05, 3.63) is 0 Å². The van der Waals surface area contributed by atoms with E-state index in [9.17, 15) is 4.79 Å². The Morgan fingerprint density at radius 3 is 2.53 bits per heavy atom. The van der Waals surface area contributed by atoms with Crippen LogP contribution >= 0.6 is 0 Å². The molecule has 0 bridgehead atoms. The molecule has 0 spiro atoms. The number of carboxylic acid groups (broad SMARTS) is 1. The highest BCUT2D eigenvalue weighted by Gasteiger charge is 2.26. The van der Waals surface area contributed by atoms with Gasteiger partial charge < -0.3 is 10.0 Å². The summed E-state index contributed by atoms with van der Waals surface area (Å²) in [6, 6.07) is 0.682. The average Bonchev–Trinajstić information content (AvgIpc) is 2.28. The zero-order valence-electron chi connectivity index (χ0n) is 11.3. The maximum atomic E-state index is 10.8. The highest BCUT2D eigenvalue weighted by molar-refractivity contribution is 5.67. The molecule has 1 rings (SSSR count). The van der Waals surface area contributed by atoms with E-state index in [4.69, 9.17) is 5.11 Å². The molecule has 0 amide bonds. The molecule has 3 nitrogen and oxygen atoms in total. The molecular formula is C14H27NO2. The maximum Gasteiger partial charge on any atom is 0.303 e. The van der Waals surface area contributed by atoms with Gasteiger partial charge in [-0.25, -0.2) is 0 Å². The van der Waals surface area contributed by atoms with Crippen LogP contribution in [0.2, 0.25) is 0 Å². The van der Waals surface area contributed by atoms with E-state index in [0.717, 1.165) is 13.0 Å². The average molecular weight is 241 g/mol. The molecular weight excluding hydrogens is 214 g/mol. The third-order valence-corrected chi connectivity index (χ3v) is 3.77. The molecule has 1 heterocycles. The quantitative estimate of drug-likeness (QED) is 0.744. The molecule has 0 radical (unpaired) electrons. The third kappa shape index (κ3) is 5.07. The third-order valence-electron chi connectivity index (χ3n) is 3.77. The van der Waals surface area contributed by atoms with Gasteiger partial charge in [0.05, 0.1) is 0 Å². The largest absolute Gasteiger partial charge is 0.481 e. The molecule has 0 aromatic carbocycles. The highest BCUT2D eigenvalue weighted by Crippen LogP contribution is 2.24. The number of carbonyl (C=O) groups is 1. The van der Waals surface area contributed by atoms with Crippen LogP contribution < -0.4 is 0 Å². The summed E-state index contributed by atoms with van der Waals surface area (Å²) >= 11 is 0. The Hall–Kier alpha value is -0.570. The van der Waals surface area contributed by atoms with Gasteiger partial charge >= 0.3 is 5.97 Å². The van der Waals surface area contributed by atoms with Crippen LogP contribution in [-0.2, 0) is 4.79 Å². The Morgan fingerprint density at radius 1 is 1.35 bits per heavy atom. The van der Waals surface area contributed by atoms with E-state index in [-0.39, 0.29) is 0 Å². The van der Waals surface area contributed by atoms with E-state index in [0.29, 0.717) is 18.4 Å². The molecule has 1 fully saturated rings. The normalized spacial score (nSPS) is 21.9. The second-order valence-corrected chi connectivity index (χ2v) is 5.33. The number of carboxylic acids is 1. The predicted molar refractivity (Wildman–Crippen MR) is 70.2 cm³/mol. The fourth-order valence-electron chi connectivity index (χ4n) is 3.02.